The smallest absolute Gasteiger partial charge is 0.0823 e. The van der Waals surface area contributed by atoms with Crippen molar-refractivity contribution in [1.82, 2.24) is 8.75 Å². The van der Waals surface area contributed by atoms with E-state index >= 15 is 0 Å². The zero-order valence-corrected chi connectivity index (χ0v) is 4.27. The summed E-state index contributed by atoms with van der Waals surface area (Å²) in [4.78, 5) is 0. The van der Waals surface area contributed by atoms with Gasteiger partial charge in [0.2, 0.25) is 0 Å². The standard InChI is InChI=1S/C4H2N2S/c1-3-4(2)6-7-5-3/h1-2H. The van der Waals surface area contributed by atoms with Crippen molar-refractivity contribution in [2.75, 3.05) is 0 Å². The normalized spacial score (nSPS) is 9.43. The maximum absolute atomic E-state index is 5.15. The van der Waals surface area contributed by atoms with Gasteiger partial charge in [-0.15, -0.1) is 0 Å². The van der Waals surface area contributed by atoms with Crippen LogP contribution in [0.2, 0.25) is 0 Å². The largest absolute Gasteiger partial charge is 0.177 e. The third kappa shape index (κ3) is 0.771. The Morgan fingerprint density at radius 2 is 1.57 bits per heavy atom. The molecule has 0 fully saturated rings. The zero-order valence-electron chi connectivity index (χ0n) is 3.46. The SMILES string of the molecule is [CH]c1nsnc1[CH]. The minimum absolute atomic E-state index is 0.324. The van der Waals surface area contributed by atoms with Crippen LogP contribution in [0.1, 0.15) is 11.4 Å². The van der Waals surface area contributed by atoms with Gasteiger partial charge in [0.05, 0.1) is 23.1 Å². The third-order valence-electron chi connectivity index (χ3n) is 0.541. The maximum atomic E-state index is 5.15. The monoisotopic (exact) mass is 110 g/mol. The molecule has 7 heavy (non-hydrogen) atoms. The summed E-state index contributed by atoms with van der Waals surface area (Å²) in [6.45, 7) is 10.3. The Morgan fingerprint density at radius 1 is 1.14 bits per heavy atom. The van der Waals surface area contributed by atoms with E-state index in [0.29, 0.717) is 11.4 Å². The van der Waals surface area contributed by atoms with Crippen molar-refractivity contribution in [2.24, 2.45) is 0 Å². The lowest BCUT2D eigenvalue weighted by molar-refractivity contribution is 1.37. The van der Waals surface area contributed by atoms with Crippen molar-refractivity contribution in [2.45, 2.75) is 0 Å². The van der Waals surface area contributed by atoms with Crippen LogP contribution in [0.15, 0.2) is 0 Å². The fraction of sp³-hybridized carbons (Fsp3) is 0. The number of hydrogen-bond acceptors (Lipinski definition) is 3. The summed E-state index contributed by atoms with van der Waals surface area (Å²) >= 11 is 1.02. The first-order valence-electron chi connectivity index (χ1n) is 1.64. The molecule has 34 valence electrons. The van der Waals surface area contributed by atoms with Crippen LogP contribution >= 0.6 is 11.7 Å². The van der Waals surface area contributed by atoms with Gasteiger partial charge in [0.1, 0.15) is 0 Å². The summed E-state index contributed by atoms with van der Waals surface area (Å²) in [5.41, 5.74) is 0.648. The lowest BCUT2D eigenvalue weighted by Crippen LogP contribution is -1.71. The summed E-state index contributed by atoms with van der Waals surface area (Å²) in [7, 11) is 0. The molecule has 0 spiro atoms. The van der Waals surface area contributed by atoms with Crippen LogP contribution in [-0.4, -0.2) is 8.75 Å². The first-order valence-corrected chi connectivity index (χ1v) is 2.37. The van der Waals surface area contributed by atoms with Crippen LogP contribution in [0.25, 0.3) is 0 Å². The molecule has 0 aliphatic rings. The van der Waals surface area contributed by atoms with E-state index in [1.807, 2.05) is 0 Å². The fourth-order valence-electron chi connectivity index (χ4n) is 0.202. The van der Waals surface area contributed by atoms with Crippen LogP contribution in [0, 0.1) is 13.8 Å². The molecule has 2 nitrogen and oxygen atoms in total. The van der Waals surface area contributed by atoms with Gasteiger partial charge in [-0.3, -0.25) is 0 Å². The van der Waals surface area contributed by atoms with Gasteiger partial charge in [-0.1, -0.05) is 0 Å². The van der Waals surface area contributed by atoms with Crippen molar-refractivity contribution in [1.29, 1.82) is 0 Å². The van der Waals surface area contributed by atoms with Gasteiger partial charge in [-0.05, 0) is 0 Å². The number of aromatic nitrogens is 2. The molecule has 0 N–H and O–H groups in total. The second kappa shape index (κ2) is 1.58. The highest BCUT2D eigenvalue weighted by Gasteiger charge is 1.92. The van der Waals surface area contributed by atoms with Gasteiger partial charge in [0, 0.05) is 13.8 Å². The van der Waals surface area contributed by atoms with E-state index in [0.717, 1.165) is 11.7 Å². The van der Waals surface area contributed by atoms with Gasteiger partial charge < -0.3 is 0 Å². The summed E-state index contributed by atoms with van der Waals surface area (Å²) in [6.07, 6.45) is 0. The molecule has 1 rings (SSSR count). The predicted molar refractivity (Wildman–Crippen MR) is 26.7 cm³/mol. The molecular formula is C4H2N2S. The van der Waals surface area contributed by atoms with Crippen LogP contribution < -0.4 is 0 Å². The van der Waals surface area contributed by atoms with Crippen molar-refractivity contribution in [3.8, 4) is 0 Å². The van der Waals surface area contributed by atoms with Gasteiger partial charge in [-0.2, -0.15) is 8.75 Å². The summed E-state index contributed by atoms with van der Waals surface area (Å²) in [5, 5.41) is 0. The van der Waals surface area contributed by atoms with Gasteiger partial charge in [0.25, 0.3) is 0 Å². The molecule has 0 aliphatic heterocycles. The minimum Gasteiger partial charge on any atom is -0.177 e. The highest BCUT2D eigenvalue weighted by molar-refractivity contribution is 6.99. The van der Waals surface area contributed by atoms with Crippen molar-refractivity contribution < 1.29 is 0 Å². The molecule has 0 bridgehead atoms. The predicted octanol–water partition coefficient (Wildman–Crippen LogP) is 0.656. The van der Waals surface area contributed by atoms with E-state index in [1.165, 1.54) is 0 Å². The molecule has 1 heterocycles. The fourth-order valence-corrected chi connectivity index (χ4v) is 0.606. The van der Waals surface area contributed by atoms with Gasteiger partial charge in [0.15, 0.2) is 0 Å². The molecule has 0 aliphatic carbocycles. The molecule has 0 aromatic carbocycles. The van der Waals surface area contributed by atoms with Crippen molar-refractivity contribution >= 4 is 11.7 Å². The maximum Gasteiger partial charge on any atom is 0.0823 e. The second-order valence-electron chi connectivity index (χ2n) is 1.03. The van der Waals surface area contributed by atoms with E-state index in [-0.39, 0.29) is 0 Å². The summed E-state index contributed by atoms with van der Waals surface area (Å²) in [5.74, 6) is 0. The average Bonchev–Trinajstić information content (AvgIpc) is 1.91. The summed E-state index contributed by atoms with van der Waals surface area (Å²) < 4.78 is 7.20. The second-order valence-corrected chi connectivity index (χ2v) is 1.56. The lowest BCUT2D eigenvalue weighted by atomic mass is 10.4. The van der Waals surface area contributed by atoms with E-state index < -0.39 is 0 Å². The van der Waals surface area contributed by atoms with Gasteiger partial charge >= 0.3 is 0 Å². The Bertz CT molecular complexity index is 142. The number of hydrogen-bond donors (Lipinski definition) is 0. The Balaban J connectivity index is 3.12. The molecule has 3 heteroatoms. The van der Waals surface area contributed by atoms with E-state index in [4.69, 9.17) is 13.8 Å². The topological polar surface area (TPSA) is 25.8 Å². The van der Waals surface area contributed by atoms with Crippen LogP contribution in [-0.2, 0) is 0 Å². The molecule has 0 saturated carbocycles. The van der Waals surface area contributed by atoms with Crippen LogP contribution in [0.5, 0.6) is 0 Å². The first-order chi connectivity index (χ1) is 3.30. The van der Waals surface area contributed by atoms with Crippen LogP contribution in [0.3, 0.4) is 0 Å². The lowest BCUT2D eigenvalue weighted by Gasteiger charge is -1.73. The van der Waals surface area contributed by atoms with E-state index in [1.54, 1.807) is 0 Å². The molecule has 0 atom stereocenters. The Morgan fingerprint density at radius 3 is 1.71 bits per heavy atom. The molecule has 0 unspecified atom stereocenters. The molecule has 1 aromatic rings. The van der Waals surface area contributed by atoms with E-state index in [2.05, 4.69) is 8.75 Å². The average molecular weight is 110 g/mol. The molecule has 0 amide bonds. The third-order valence-corrected chi connectivity index (χ3v) is 1.10. The first kappa shape index (κ1) is 4.71. The Kier molecular flexibility index (Phi) is 1.06. The van der Waals surface area contributed by atoms with Crippen molar-refractivity contribution in [3.63, 3.8) is 0 Å². The Labute approximate surface area is 46.5 Å². The van der Waals surface area contributed by atoms with Crippen LogP contribution in [0.4, 0.5) is 0 Å². The summed E-state index contributed by atoms with van der Waals surface area (Å²) in [6, 6.07) is 0. The molecule has 4 radical (unpaired) electrons. The zero-order chi connectivity index (χ0) is 5.28. The Hall–Kier alpha value is -0.440. The van der Waals surface area contributed by atoms with E-state index in [9.17, 15) is 0 Å². The number of nitrogens with zero attached hydrogens (tertiary/aromatic N) is 2. The minimum atomic E-state index is 0.324. The molecular weight excluding hydrogens is 108 g/mol. The molecule has 1 aromatic heterocycles. The quantitative estimate of drug-likeness (QED) is 0.490. The van der Waals surface area contributed by atoms with Gasteiger partial charge in [-0.25, -0.2) is 0 Å². The number of rotatable bonds is 0. The molecule has 0 saturated heterocycles. The highest BCUT2D eigenvalue weighted by Crippen LogP contribution is 1.99. The van der Waals surface area contributed by atoms with Crippen molar-refractivity contribution in [3.05, 3.63) is 25.2 Å². The highest BCUT2D eigenvalue weighted by atomic mass is 32.1.